The lowest BCUT2D eigenvalue weighted by Gasteiger charge is -2.13. The van der Waals surface area contributed by atoms with E-state index in [4.69, 9.17) is 11.6 Å². The molecule has 0 radical (unpaired) electrons. The van der Waals surface area contributed by atoms with E-state index < -0.39 is 21.9 Å². The molecule has 0 saturated heterocycles. The fraction of sp³-hybridized carbons (Fsp3) is 0.231. The van der Waals surface area contributed by atoms with E-state index in [2.05, 4.69) is 10.6 Å². The molecule has 0 aromatic heterocycles. The molecule has 0 aliphatic carbocycles. The van der Waals surface area contributed by atoms with Gasteiger partial charge in [-0.15, -0.1) is 0 Å². The SMILES string of the molecule is CCC(=O)Nc1ccc(S(=O)(=O)c2ccc(CCNC[C@H](O)c3cccc(Cl)c3)cc2)cc1C(=O)O. The smallest absolute Gasteiger partial charge is 0.337 e. The van der Waals surface area contributed by atoms with Gasteiger partial charge in [0.05, 0.1) is 27.1 Å². The summed E-state index contributed by atoms with van der Waals surface area (Å²) in [7, 11) is -3.97. The predicted molar refractivity (Wildman–Crippen MR) is 137 cm³/mol. The Morgan fingerprint density at radius 3 is 2.33 bits per heavy atom. The minimum atomic E-state index is -3.97. The Hall–Kier alpha value is -3.24. The number of hydrogen-bond acceptors (Lipinski definition) is 6. The molecular weight excluding hydrogens is 504 g/mol. The summed E-state index contributed by atoms with van der Waals surface area (Å²) in [5.74, 6) is -1.72. The van der Waals surface area contributed by atoms with E-state index in [1.54, 1.807) is 43.3 Å². The van der Waals surface area contributed by atoms with Gasteiger partial charge in [0, 0.05) is 18.0 Å². The fourth-order valence-electron chi connectivity index (χ4n) is 3.49. The number of carbonyl (C=O) groups is 2. The van der Waals surface area contributed by atoms with Gasteiger partial charge in [-0.05, 0) is 66.6 Å². The molecule has 0 bridgehead atoms. The van der Waals surface area contributed by atoms with Gasteiger partial charge in [-0.1, -0.05) is 42.8 Å². The normalized spacial score (nSPS) is 12.2. The second-order valence-electron chi connectivity index (χ2n) is 8.09. The number of benzene rings is 3. The zero-order valence-corrected chi connectivity index (χ0v) is 21.1. The van der Waals surface area contributed by atoms with Crippen LogP contribution in [-0.2, 0) is 21.1 Å². The number of hydrogen-bond donors (Lipinski definition) is 4. The molecule has 0 aliphatic rings. The largest absolute Gasteiger partial charge is 0.478 e. The number of sulfone groups is 1. The zero-order valence-electron chi connectivity index (χ0n) is 19.6. The van der Waals surface area contributed by atoms with Gasteiger partial charge in [-0.2, -0.15) is 0 Å². The maximum absolute atomic E-state index is 13.1. The van der Waals surface area contributed by atoms with Crippen LogP contribution in [0.3, 0.4) is 0 Å². The van der Waals surface area contributed by atoms with Gasteiger partial charge < -0.3 is 20.8 Å². The summed E-state index contributed by atoms with van der Waals surface area (Å²) in [6.45, 7) is 2.53. The topological polar surface area (TPSA) is 133 Å². The Bertz CT molecular complexity index is 1340. The van der Waals surface area contributed by atoms with Crippen LogP contribution in [0, 0.1) is 0 Å². The molecule has 4 N–H and O–H groups in total. The van der Waals surface area contributed by atoms with Gasteiger partial charge in [0.1, 0.15) is 0 Å². The summed E-state index contributed by atoms with van der Waals surface area (Å²) < 4.78 is 26.1. The first-order valence-electron chi connectivity index (χ1n) is 11.3. The summed E-state index contributed by atoms with van der Waals surface area (Å²) in [4.78, 5) is 23.1. The van der Waals surface area contributed by atoms with Crippen LogP contribution >= 0.6 is 11.6 Å². The molecule has 0 fully saturated rings. The molecule has 0 spiro atoms. The van der Waals surface area contributed by atoms with Gasteiger partial charge in [-0.25, -0.2) is 13.2 Å². The molecule has 8 nitrogen and oxygen atoms in total. The van der Waals surface area contributed by atoms with Crippen molar-refractivity contribution in [2.75, 3.05) is 18.4 Å². The van der Waals surface area contributed by atoms with Crippen molar-refractivity contribution >= 4 is 39.0 Å². The number of aromatic carboxylic acids is 1. The van der Waals surface area contributed by atoms with Crippen LogP contribution in [0.5, 0.6) is 0 Å². The van der Waals surface area contributed by atoms with Gasteiger partial charge in [0.2, 0.25) is 15.7 Å². The molecule has 1 amide bonds. The van der Waals surface area contributed by atoms with Crippen LogP contribution in [0.2, 0.25) is 5.02 Å². The molecule has 10 heteroatoms. The van der Waals surface area contributed by atoms with E-state index in [0.717, 1.165) is 17.2 Å². The third kappa shape index (κ3) is 6.92. The van der Waals surface area contributed by atoms with Crippen molar-refractivity contribution in [3.63, 3.8) is 0 Å². The Morgan fingerprint density at radius 2 is 1.69 bits per heavy atom. The van der Waals surface area contributed by atoms with Crippen molar-refractivity contribution < 1.29 is 28.2 Å². The van der Waals surface area contributed by atoms with Crippen LogP contribution in [0.25, 0.3) is 0 Å². The predicted octanol–water partition coefficient (Wildman–Crippen LogP) is 4.09. The molecule has 0 aliphatic heterocycles. The van der Waals surface area contributed by atoms with Gasteiger partial charge >= 0.3 is 5.97 Å². The first-order chi connectivity index (χ1) is 17.1. The minimum absolute atomic E-state index is 0.0253. The molecule has 3 rings (SSSR count). The average molecular weight is 531 g/mol. The number of carboxylic acids is 1. The van der Waals surface area contributed by atoms with Crippen LogP contribution in [0.1, 0.15) is 40.9 Å². The van der Waals surface area contributed by atoms with Crippen LogP contribution < -0.4 is 10.6 Å². The highest BCUT2D eigenvalue weighted by Crippen LogP contribution is 2.26. The number of aliphatic hydroxyl groups excluding tert-OH is 1. The van der Waals surface area contributed by atoms with E-state index in [1.807, 2.05) is 0 Å². The molecule has 0 saturated carbocycles. The lowest BCUT2D eigenvalue weighted by molar-refractivity contribution is -0.115. The van der Waals surface area contributed by atoms with Gasteiger partial charge in [0.25, 0.3) is 0 Å². The summed E-state index contributed by atoms with van der Waals surface area (Å²) in [5.41, 5.74) is 1.34. The van der Waals surface area contributed by atoms with Crippen molar-refractivity contribution in [3.8, 4) is 0 Å². The Labute approximate surface area is 214 Å². The van der Waals surface area contributed by atoms with E-state index in [-0.39, 0.29) is 33.4 Å². The second-order valence-corrected chi connectivity index (χ2v) is 10.5. The highest BCUT2D eigenvalue weighted by atomic mass is 35.5. The number of aliphatic hydroxyl groups is 1. The maximum atomic E-state index is 13.1. The molecule has 36 heavy (non-hydrogen) atoms. The molecule has 0 heterocycles. The average Bonchev–Trinajstić information content (AvgIpc) is 2.86. The first kappa shape index (κ1) is 27.3. The minimum Gasteiger partial charge on any atom is -0.478 e. The zero-order chi connectivity index (χ0) is 26.3. The van der Waals surface area contributed by atoms with Crippen LogP contribution in [-0.4, -0.2) is 43.6 Å². The maximum Gasteiger partial charge on any atom is 0.337 e. The Kier molecular flexibility index (Phi) is 9.22. The highest BCUT2D eigenvalue weighted by molar-refractivity contribution is 7.91. The summed E-state index contributed by atoms with van der Waals surface area (Å²) in [6, 6.07) is 16.9. The van der Waals surface area contributed by atoms with Crippen molar-refractivity contribution in [2.45, 2.75) is 35.7 Å². The molecular formula is C26H27ClN2O6S. The molecule has 1 atom stereocenters. The lowest BCUT2D eigenvalue weighted by Crippen LogP contribution is -2.23. The van der Waals surface area contributed by atoms with Crippen LogP contribution in [0.15, 0.2) is 76.5 Å². The first-order valence-corrected chi connectivity index (χ1v) is 13.1. The Morgan fingerprint density at radius 1 is 1.00 bits per heavy atom. The molecule has 0 unspecified atom stereocenters. The summed E-state index contributed by atoms with van der Waals surface area (Å²) in [6.07, 6.45) is 0.0645. The van der Waals surface area contributed by atoms with E-state index in [9.17, 15) is 28.2 Å². The van der Waals surface area contributed by atoms with E-state index >= 15 is 0 Å². The molecule has 3 aromatic carbocycles. The van der Waals surface area contributed by atoms with E-state index in [1.165, 1.54) is 24.3 Å². The standard InChI is InChI=1S/C26H27ClN2O6S/c1-2-25(31)29-23-11-10-21(15-22(23)26(32)33)36(34,35)20-8-6-17(7-9-20)12-13-28-16-24(30)18-4-3-5-19(27)14-18/h3-11,14-15,24,28,30H,2,12-13,16H2,1H3,(H,29,31)(H,32,33)/t24-/m0/s1. The highest BCUT2D eigenvalue weighted by Gasteiger charge is 2.22. The quantitative estimate of drug-likeness (QED) is 0.274. The number of carboxylic acid groups (broad SMARTS) is 1. The number of nitrogens with one attached hydrogen (secondary N) is 2. The summed E-state index contributed by atoms with van der Waals surface area (Å²) in [5, 5.41) is 25.9. The van der Waals surface area contributed by atoms with Gasteiger partial charge in [0.15, 0.2) is 0 Å². The number of carbonyl (C=O) groups excluding carboxylic acids is 1. The van der Waals surface area contributed by atoms with Crippen molar-refractivity contribution in [3.05, 3.63) is 88.4 Å². The Balaban J connectivity index is 1.64. The fourth-order valence-corrected chi connectivity index (χ4v) is 4.98. The van der Waals surface area contributed by atoms with Gasteiger partial charge in [-0.3, -0.25) is 4.79 Å². The lowest BCUT2D eigenvalue weighted by atomic mass is 10.1. The number of amides is 1. The van der Waals surface area contributed by atoms with Crippen molar-refractivity contribution in [2.24, 2.45) is 0 Å². The monoisotopic (exact) mass is 530 g/mol. The van der Waals surface area contributed by atoms with Crippen LogP contribution in [0.4, 0.5) is 5.69 Å². The van der Waals surface area contributed by atoms with Crippen molar-refractivity contribution in [1.82, 2.24) is 5.32 Å². The number of rotatable bonds is 11. The molecule has 190 valence electrons. The number of anilines is 1. The van der Waals surface area contributed by atoms with E-state index in [0.29, 0.717) is 24.5 Å². The third-order valence-corrected chi connectivity index (χ3v) is 7.52. The number of halogens is 1. The van der Waals surface area contributed by atoms with Crippen molar-refractivity contribution in [1.29, 1.82) is 0 Å². The second kappa shape index (κ2) is 12.1. The molecule has 3 aromatic rings. The summed E-state index contributed by atoms with van der Waals surface area (Å²) >= 11 is 5.95. The third-order valence-electron chi connectivity index (χ3n) is 5.52.